The van der Waals surface area contributed by atoms with Gasteiger partial charge in [-0.15, -0.1) is 0 Å². The van der Waals surface area contributed by atoms with Gasteiger partial charge in [0.2, 0.25) is 0 Å². The number of aryl methyl sites for hydroxylation is 1. The summed E-state index contributed by atoms with van der Waals surface area (Å²) in [6.07, 6.45) is 5.50. The summed E-state index contributed by atoms with van der Waals surface area (Å²) in [4.78, 5) is 0. The monoisotopic (exact) mass is 217 g/mol. The molecule has 4 heteroatoms. The van der Waals surface area contributed by atoms with E-state index in [1.165, 1.54) is 0 Å². The van der Waals surface area contributed by atoms with Crippen molar-refractivity contribution in [3.05, 3.63) is 53.1 Å². The average Bonchev–Trinajstić information content (AvgIpc) is 2.59. The first kappa shape index (κ1) is 9.86. The molecule has 0 spiro atoms. The Bertz CT molecular complexity index is 522. The van der Waals surface area contributed by atoms with Crippen LogP contribution in [0.3, 0.4) is 0 Å². The van der Waals surface area contributed by atoms with Crippen molar-refractivity contribution in [1.29, 1.82) is 0 Å². The molecule has 0 amide bonds. The van der Waals surface area contributed by atoms with Crippen LogP contribution in [0.15, 0.2) is 47.8 Å². The highest BCUT2D eigenvalue weighted by Gasteiger charge is 1.91. The van der Waals surface area contributed by atoms with Crippen LogP contribution in [0.25, 0.3) is 0 Å². The van der Waals surface area contributed by atoms with Gasteiger partial charge in [-0.25, -0.2) is 4.68 Å². The van der Waals surface area contributed by atoms with Gasteiger partial charge in [0.25, 0.3) is 0 Å². The molecule has 1 aromatic heterocycles. The first-order valence-corrected chi connectivity index (χ1v) is 5.01. The Morgan fingerprint density at radius 3 is 2.53 bits per heavy atom. The molecule has 0 saturated carbocycles. The van der Waals surface area contributed by atoms with Gasteiger partial charge in [-0.05, 0) is 17.8 Å². The Morgan fingerprint density at radius 2 is 1.93 bits per heavy atom. The summed E-state index contributed by atoms with van der Waals surface area (Å²) in [7, 11) is 1.90. The van der Waals surface area contributed by atoms with Crippen LogP contribution in [-0.2, 0) is 7.05 Å². The number of benzene rings is 1. The molecule has 1 aromatic carbocycles. The molecule has 0 bridgehead atoms. The molecule has 0 N–H and O–H groups in total. The standard InChI is InChI=1S/C11H11N3S/c1-13-7-8-14(11(13)15)12-9-10-5-3-2-4-6-10/h2-9H,1H3/b12-9+. The van der Waals surface area contributed by atoms with E-state index in [-0.39, 0.29) is 0 Å². The molecule has 0 saturated heterocycles. The zero-order valence-corrected chi connectivity index (χ0v) is 9.19. The quantitative estimate of drug-likeness (QED) is 0.559. The number of imidazole rings is 1. The Balaban J connectivity index is 2.27. The van der Waals surface area contributed by atoms with Crippen LogP contribution >= 0.6 is 12.2 Å². The van der Waals surface area contributed by atoms with Crippen molar-refractivity contribution in [3.8, 4) is 0 Å². The van der Waals surface area contributed by atoms with Crippen molar-refractivity contribution in [1.82, 2.24) is 9.24 Å². The topological polar surface area (TPSA) is 22.2 Å². The van der Waals surface area contributed by atoms with E-state index in [1.807, 2.05) is 54.3 Å². The fourth-order valence-electron chi connectivity index (χ4n) is 1.21. The van der Waals surface area contributed by atoms with Crippen molar-refractivity contribution in [2.45, 2.75) is 0 Å². The maximum atomic E-state index is 5.15. The zero-order valence-electron chi connectivity index (χ0n) is 8.37. The highest BCUT2D eigenvalue weighted by Crippen LogP contribution is 1.97. The third-order valence-electron chi connectivity index (χ3n) is 2.06. The lowest BCUT2D eigenvalue weighted by atomic mass is 10.2. The molecule has 0 fully saturated rings. The van der Waals surface area contributed by atoms with Gasteiger partial charge in [0.05, 0.1) is 6.21 Å². The van der Waals surface area contributed by atoms with E-state index in [9.17, 15) is 0 Å². The first-order valence-electron chi connectivity index (χ1n) is 4.61. The number of hydrogen-bond donors (Lipinski definition) is 0. The fourth-order valence-corrected chi connectivity index (χ4v) is 1.38. The molecular weight excluding hydrogens is 206 g/mol. The first-order chi connectivity index (χ1) is 7.27. The van der Waals surface area contributed by atoms with E-state index in [1.54, 1.807) is 10.9 Å². The molecule has 15 heavy (non-hydrogen) atoms. The summed E-state index contributed by atoms with van der Waals surface area (Å²) in [6, 6.07) is 9.93. The van der Waals surface area contributed by atoms with E-state index in [0.29, 0.717) is 4.77 Å². The molecule has 0 aliphatic carbocycles. The van der Waals surface area contributed by atoms with Gasteiger partial charge in [-0.2, -0.15) is 5.10 Å². The maximum absolute atomic E-state index is 5.15. The molecule has 76 valence electrons. The zero-order chi connectivity index (χ0) is 10.7. The summed E-state index contributed by atoms with van der Waals surface area (Å²) >= 11 is 5.15. The molecule has 0 aliphatic heterocycles. The number of rotatable bonds is 2. The van der Waals surface area contributed by atoms with E-state index in [2.05, 4.69) is 5.10 Å². The largest absolute Gasteiger partial charge is 0.325 e. The molecule has 1 heterocycles. The lowest BCUT2D eigenvalue weighted by Crippen LogP contribution is -1.92. The van der Waals surface area contributed by atoms with Crippen LogP contribution in [0.4, 0.5) is 0 Å². The molecule has 3 nitrogen and oxygen atoms in total. The smallest absolute Gasteiger partial charge is 0.200 e. The van der Waals surface area contributed by atoms with Gasteiger partial charge >= 0.3 is 0 Å². The van der Waals surface area contributed by atoms with E-state index < -0.39 is 0 Å². The lowest BCUT2D eigenvalue weighted by Gasteiger charge is -1.93. The highest BCUT2D eigenvalue weighted by atomic mass is 32.1. The van der Waals surface area contributed by atoms with Crippen molar-refractivity contribution >= 4 is 18.4 Å². The van der Waals surface area contributed by atoms with Gasteiger partial charge in [0.15, 0.2) is 4.77 Å². The third-order valence-corrected chi connectivity index (χ3v) is 2.54. The second kappa shape index (κ2) is 4.23. The summed E-state index contributed by atoms with van der Waals surface area (Å²) in [5.41, 5.74) is 1.06. The predicted octanol–water partition coefficient (Wildman–Crippen LogP) is 2.44. The van der Waals surface area contributed by atoms with Gasteiger partial charge in [0, 0.05) is 19.4 Å². The Labute approximate surface area is 93.3 Å². The normalized spacial score (nSPS) is 11.0. The van der Waals surface area contributed by atoms with Crippen molar-refractivity contribution in [2.24, 2.45) is 12.1 Å². The lowest BCUT2D eigenvalue weighted by molar-refractivity contribution is 0.798. The minimum atomic E-state index is 0.683. The van der Waals surface area contributed by atoms with E-state index in [0.717, 1.165) is 5.56 Å². The molecule has 2 aromatic rings. The average molecular weight is 217 g/mol. The van der Waals surface area contributed by atoms with Crippen LogP contribution in [0.1, 0.15) is 5.56 Å². The minimum absolute atomic E-state index is 0.683. The Hall–Kier alpha value is -1.68. The fraction of sp³-hybridized carbons (Fsp3) is 0.0909. The molecule has 2 rings (SSSR count). The number of nitrogens with zero attached hydrogens (tertiary/aromatic N) is 3. The van der Waals surface area contributed by atoms with Gasteiger partial charge < -0.3 is 4.57 Å². The van der Waals surface area contributed by atoms with Gasteiger partial charge in [-0.1, -0.05) is 30.3 Å². The highest BCUT2D eigenvalue weighted by molar-refractivity contribution is 7.71. The third kappa shape index (κ3) is 2.22. The molecular formula is C11H11N3S. The van der Waals surface area contributed by atoms with Gasteiger partial charge in [-0.3, -0.25) is 0 Å². The molecule has 0 atom stereocenters. The van der Waals surface area contributed by atoms with Crippen LogP contribution in [0.2, 0.25) is 0 Å². The number of hydrogen-bond acceptors (Lipinski definition) is 2. The van der Waals surface area contributed by atoms with Crippen molar-refractivity contribution in [3.63, 3.8) is 0 Å². The summed E-state index contributed by atoms with van der Waals surface area (Å²) in [5, 5.41) is 4.26. The summed E-state index contributed by atoms with van der Waals surface area (Å²) in [6.45, 7) is 0. The van der Waals surface area contributed by atoms with Crippen molar-refractivity contribution in [2.75, 3.05) is 0 Å². The summed E-state index contributed by atoms with van der Waals surface area (Å²) < 4.78 is 4.20. The van der Waals surface area contributed by atoms with Crippen LogP contribution < -0.4 is 0 Å². The molecule has 0 radical (unpaired) electrons. The Morgan fingerprint density at radius 1 is 1.20 bits per heavy atom. The van der Waals surface area contributed by atoms with Crippen LogP contribution in [0.5, 0.6) is 0 Å². The van der Waals surface area contributed by atoms with Crippen LogP contribution in [0, 0.1) is 4.77 Å². The van der Waals surface area contributed by atoms with Gasteiger partial charge in [0.1, 0.15) is 0 Å². The second-order valence-electron chi connectivity index (χ2n) is 3.19. The van der Waals surface area contributed by atoms with Crippen LogP contribution in [-0.4, -0.2) is 15.5 Å². The SMILES string of the molecule is Cn1ccn(/N=C/c2ccccc2)c1=S. The predicted molar refractivity (Wildman–Crippen MR) is 63.7 cm³/mol. The van der Waals surface area contributed by atoms with Crippen molar-refractivity contribution < 1.29 is 0 Å². The number of aromatic nitrogens is 2. The Kier molecular flexibility index (Phi) is 2.78. The summed E-state index contributed by atoms with van der Waals surface area (Å²) in [5.74, 6) is 0. The molecule has 0 unspecified atom stereocenters. The second-order valence-corrected chi connectivity index (χ2v) is 3.56. The minimum Gasteiger partial charge on any atom is -0.325 e. The molecule has 0 aliphatic rings. The maximum Gasteiger partial charge on any atom is 0.200 e. The van der Waals surface area contributed by atoms with E-state index >= 15 is 0 Å². The van der Waals surface area contributed by atoms with E-state index in [4.69, 9.17) is 12.2 Å².